The summed E-state index contributed by atoms with van der Waals surface area (Å²) in [6, 6.07) is 15.7. The summed E-state index contributed by atoms with van der Waals surface area (Å²) in [5.74, 6) is 0.129. The van der Waals surface area contributed by atoms with Gasteiger partial charge in [-0.3, -0.25) is 0 Å². The first-order valence-corrected chi connectivity index (χ1v) is 11.9. The molecule has 4 atom stereocenters. The molecule has 0 bridgehead atoms. The number of amides is 2. The topological polar surface area (TPSA) is 83.1 Å². The molecule has 1 saturated heterocycles. The van der Waals surface area contributed by atoms with Crippen molar-refractivity contribution >= 4 is 6.03 Å². The van der Waals surface area contributed by atoms with Gasteiger partial charge in [-0.15, -0.1) is 6.58 Å². The van der Waals surface area contributed by atoms with Crippen LogP contribution in [-0.2, 0) is 22.6 Å². The molecule has 0 saturated carbocycles. The molecule has 0 aromatic heterocycles. The molecule has 0 aliphatic carbocycles. The van der Waals surface area contributed by atoms with Crippen LogP contribution in [0, 0.1) is 5.92 Å². The summed E-state index contributed by atoms with van der Waals surface area (Å²) in [5.41, 5.74) is 3.87. The highest BCUT2D eigenvalue weighted by atomic mass is 16.7. The molecule has 2 aromatic carbocycles. The van der Waals surface area contributed by atoms with Gasteiger partial charge in [0.15, 0.2) is 6.29 Å². The fourth-order valence-electron chi connectivity index (χ4n) is 4.13. The highest BCUT2D eigenvalue weighted by Crippen LogP contribution is 2.41. The lowest BCUT2D eigenvalue weighted by Crippen LogP contribution is -2.43. The zero-order valence-electron chi connectivity index (χ0n) is 20.4. The molecule has 34 heavy (non-hydrogen) atoms. The number of ether oxygens (including phenoxy) is 2. The predicted octanol–water partition coefficient (Wildman–Crippen LogP) is 3.91. The largest absolute Gasteiger partial charge is 0.392 e. The van der Waals surface area contributed by atoms with Crippen LogP contribution in [0.2, 0.25) is 0 Å². The highest BCUT2D eigenvalue weighted by Gasteiger charge is 2.38. The second kappa shape index (κ2) is 12.7. The second-order valence-electron chi connectivity index (χ2n) is 8.79. The van der Waals surface area contributed by atoms with E-state index in [9.17, 15) is 9.90 Å². The Morgan fingerprint density at radius 2 is 1.71 bits per heavy atom. The van der Waals surface area contributed by atoms with E-state index >= 15 is 0 Å². The fraction of sp³-hybridized carbons (Fsp3) is 0.444. The number of likely N-dealkylation sites (N-methyl/N-ethyl adjacent to an activating group) is 1. The summed E-state index contributed by atoms with van der Waals surface area (Å²) in [6.45, 7) is 10.5. The van der Waals surface area contributed by atoms with E-state index in [1.165, 1.54) is 0 Å². The van der Waals surface area contributed by atoms with Crippen LogP contribution in [0.25, 0.3) is 0 Å². The number of aliphatic hydroxyl groups excluding tert-OH is 1. The van der Waals surface area contributed by atoms with Gasteiger partial charge in [-0.1, -0.05) is 61.5 Å². The first-order chi connectivity index (χ1) is 16.4. The molecule has 1 aliphatic heterocycles. The summed E-state index contributed by atoms with van der Waals surface area (Å²) < 4.78 is 12.9. The second-order valence-corrected chi connectivity index (χ2v) is 8.79. The number of benzene rings is 2. The van der Waals surface area contributed by atoms with Gasteiger partial charge in [0.05, 0.1) is 18.8 Å². The van der Waals surface area contributed by atoms with Crippen molar-refractivity contribution in [3.05, 3.63) is 83.4 Å². The van der Waals surface area contributed by atoms with Crippen molar-refractivity contribution in [2.75, 3.05) is 26.7 Å². The normalized spacial score (nSPS) is 22.4. The van der Waals surface area contributed by atoms with Crippen LogP contribution < -0.4 is 10.6 Å². The smallest absolute Gasteiger partial charge is 0.315 e. The first-order valence-electron chi connectivity index (χ1n) is 11.9. The Kier molecular flexibility index (Phi) is 9.65. The average molecular weight is 468 g/mol. The van der Waals surface area contributed by atoms with Crippen molar-refractivity contribution < 1.29 is 19.4 Å². The molecule has 0 radical (unpaired) electrons. The number of hydrogen-bond donors (Lipinski definition) is 3. The van der Waals surface area contributed by atoms with Crippen molar-refractivity contribution in [3.8, 4) is 0 Å². The fourth-order valence-corrected chi connectivity index (χ4v) is 4.13. The number of nitrogens with zero attached hydrogens (tertiary/aromatic N) is 1. The summed E-state index contributed by atoms with van der Waals surface area (Å²) in [5, 5.41) is 15.0. The molecule has 1 heterocycles. The lowest BCUT2D eigenvalue weighted by Gasteiger charge is -2.42. The van der Waals surface area contributed by atoms with Crippen LogP contribution >= 0.6 is 0 Å². The maximum atomic E-state index is 11.7. The van der Waals surface area contributed by atoms with E-state index in [0.717, 1.165) is 35.3 Å². The Labute approximate surface area is 202 Å². The van der Waals surface area contributed by atoms with Crippen LogP contribution in [0.3, 0.4) is 0 Å². The van der Waals surface area contributed by atoms with E-state index in [-0.39, 0.29) is 30.8 Å². The number of hydrogen-bond acceptors (Lipinski definition) is 5. The molecule has 2 aromatic rings. The molecule has 7 heteroatoms. The maximum Gasteiger partial charge on any atom is 0.315 e. The zero-order valence-corrected chi connectivity index (χ0v) is 20.4. The number of rotatable bonds is 10. The van der Waals surface area contributed by atoms with E-state index < -0.39 is 6.29 Å². The van der Waals surface area contributed by atoms with Gasteiger partial charge in [0, 0.05) is 37.7 Å². The summed E-state index contributed by atoms with van der Waals surface area (Å²) in [7, 11) is 2.06. The first kappa shape index (κ1) is 25.9. The third-order valence-electron chi connectivity index (χ3n) is 6.10. The van der Waals surface area contributed by atoms with Crippen LogP contribution in [0.1, 0.15) is 48.5 Å². The number of nitrogens with one attached hydrogen (secondary N) is 2. The Hall–Kier alpha value is -2.71. The maximum absolute atomic E-state index is 11.7. The molecule has 3 N–H and O–H groups in total. The van der Waals surface area contributed by atoms with Gasteiger partial charge in [-0.25, -0.2) is 4.79 Å². The van der Waals surface area contributed by atoms with Crippen molar-refractivity contribution in [2.24, 2.45) is 5.92 Å². The number of aliphatic hydroxyl groups is 1. The lowest BCUT2D eigenvalue weighted by atomic mass is 9.90. The minimum atomic E-state index is -0.508. The Morgan fingerprint density at radius 3 is 2.32 bits per heavy atom. The van der Waals surface area contributed by atoms with E-state index in [4.69, 9.17) is 9.47 Å². The summed E-state index contributed by atoms with van der Waals surface area (Å²) >= 11 is 0. The predicted molar refractivity (Wildman–Crippen MR) is 133 cm³/mol. The molecule has 1 aliphatic rings. The SMILES string of the molecule is C=CCN(C)C[C@H]1OC(c2ccc(CNC(=O)NCC)cc2)O[C@@H](c2ccc(CO)cc2)[C@H]1C. The number of carbonyl (C=O) groups is 1. The minimum Gasteiger partial charge on any atom is -0.392 e. The molecule has 2 amide bonds. The van der Waals surface area contributed by atoms with Crippen LogP contribution in [0.4, 0.5) is 4.79 Å². The van der Waals surface area contributed by atoms with Crippen molar-refractivity contribution in [1.82, 2.24) is 15.5 Å². The van der Waals surface area contributed by atoms with E-state index in [1.54, 1.807) is 0 Å². The van der Waals surface area contributed by atoms with Gasteiger partial charge in [0.2, 0.25) is 0 Å². The Balaban J connectivity index is 1.78. The van der Waals surface area contributed by atoms with Gasteiger partial charge in [0.1, 0.15) is 0 Å². The van der Waals surface area contributed by atoms with E-state index in [1.807, 2.05) is 61.5 Å². The van der Waals surface area contributed by atoms with Crippen molar-refractivity contribution in [1.29, 1.82) is 0 Å². The van der Waals surface area contributed by atoms with Gasteiger partial charge in [-0.05, 0) is 30.7 Å². The third-order valence-corrected chi connectivity index (χ3v) is 6.10. The van der Waals surface area contributed by atoms with Crippen LogP contribution in [0.15, 0.2) is 61.2 Å². The van der Waals surface area contributed by atoms with Gasteiger partial charge < -0.3 is 30.1 Å². The van der Waals surface area contributed by atoms with E-state index in [0.29, 0.717) is 13.1 Å². The van der Waals surface area contributed by atoms with Crippen LogP contribution in [0.5, 0.6) is 0 Å². The van der Waals surface area contributed by atoms with E-state index in [2.05, 4.69) is 36.1 Å². The minimum absolute atomic E-state index is 0.0172. The van der Waals surface area contributed by atoms with Gasteiger partial charge in [-0.2, -0.15) is 0 Å². The number of carbonyl (C=O) groups excluding carboxylic acids is 1. The number of urea groups is 1. The van der Waals surface area contributed by atoms with Crippen LogP contribution in [-0.4, -0.2) is 48.8 Å². The molecule has 7 nitrogen and oxygen atoms in total. The molecule has 1 fully saturated rings. The summed E-state index contributed by atoms with van der Waals surface area (Å²) in [6.07, 6.45) is 1.20. The molecule has 3 rings (SSSR count). The molecular weight excluding hydrogens is 430 g/mol. The average Bonchev–Trinajstić information content (AvgIpc) is 2.85. The molecular formula is C27H37N3O4. The van der Waals surface area contributed by atoms with Gasteiger partial charge >= 0.3 is 6.03 Å². The molecule has 1 unspecified atom stereocenters. The Bertz CT molecular complexity index is 916. The molecule has 184 valence electrons. The Morgan fingerprint density at radius 1 is 1.06 bits per heavy atom. The lowest BCUT2D eigenvalue weighted by molar-refractivity contribution is -0.275. The third kappa shape index (κ3) is 6.90. The zero-order chi connectivity index (χ0) is 24.5. The molecule has 0 spiro atoms. The van der Waals surface area contributed by atoms with Gasteiger partial charge in [0.25, 0.3) is 0 Å². The van der Waals surface area contributed by atoms with Crippen molar-refractivity contribution in [2.45, 2.75) is 45.5 Å². The van der Waals surface area contributed by atoms with Crippen molar-refractivity contribution in [3.63, 3.8) is 0 Å². The standard InChI is InChI=1S/C27H37N3O4/c1-5-15-30(4)17-24-19(3)25(22-11-9-21(18-31)10-12-22)34-26(33-24)23-13-7-20(8-14-23)16-29-27(32)28-6-2/h5,7-14,19,24-26,31H,1,6,15-18H2,2-4H3,(H2,28,29,32)/t19-,24+,25+,26?/m0/s1. The quantitative estimate of drug-likeness (QED) is 0.462. The highest BCUT2D eigenvalue weighted by molar-refractivity contribution is 5.73. The monoisotopic (exact) mass is 467 g/mol. The summed E-state index contributed by atoms with van der Waals surface area (Å²) in [4.78, 5) is 13.9.